The van der Waals surface area contributed by atoms with Crippen LogP contribution in [0.2, 0.25) is 0 Å². The number of hydrogen-bond acceptors (Lipinski definition) is 5. The summed E-state index contributed by atoms with van der Waals surface area (Å²) in [5.41, 5.74) is 9.27. The first kappa shape index (κ1) is 14.2. The van der Waals surface area contributed by atoms with Crippen LogP contribution in [0.3, 0.4) is 0 Å². The van der Waals surface area contributed by atoms with Crippen LogP contribution in [0.15, 0.2) is 18.3 Å². The molecule has 3 N–H and O–H groups in total. The van der Waals surface area contributed by atoms with Gasteiger partial charge in [0.15, 0.2) is 5.82 Å². The summed E-state index contributed by atoms with van der Waals surface area (Å²) in [6, 6.07) is 3.75. The molecule has 3 aromatic heterocycles. The molecular weight excluding hydrogens is 280 g/mol. The third-order valence-electron chi connectivity index (χ3n) is 3.69. The molecular formula is C15H18N6O. The molecule has 22 heavy (non-hydrogen) atoms. The van der Waals surface area contributed by atoms with Gasteiger partial charge in [-0.15, -0.1) is 0 Å². The van der Waals surface area contributed by atoms with Gasteiger partial charge in [-0.05, 0) is 31.9 Å². The van der Waals surface area contributed by atoms with Crippen molar-refractivity contribution in [2.24, 2.45) is 0 Å². The Morgan fingerprint density at radius 2 is 2.18 bits per heavy atom. The van der Waals surface area contributed by atoms with E-state index in [0.717, 1.165) is 48.2 Å². The molecule has 3 heterocycles. The molecule has 0 unspecified atom stereocenters. The highest BCUT2D eigenvalue weighted by Crippen LogP contribution is 2.27. The van der Waals surface area contributed by atoms with Crippen LogP contribution >= 0.6 is 0 Å². The molecule has 0 aliphatic heterocycles. The second kappa shape index (κ2) is 5.97. The van der Waals surface area contributed by atoms with Crippen molar-refractivity contribution in [1.82, 2.24) is 24.8 Å². The van der Waals surface area contributed by atoms with Gasteiger partial charge in [0.25, 0.3) is 0 Å². The van der Waals surface area contributed by atoms with E-state index in [1.165, 1.54) is 0 Å². The number of rotatable bonds is 6. The minimum absolute atomic E-state index is 0.431. The fourth-order valence-corrected chi connectivity index (χ4v) is 2.67. The molecule has 0 aliphatic rings. The zero-order chi connectivity index (χ0) is 15.5. The highest BCUT2D eigenvalue weighted by Gasteiger charge is 2.15. The number of aryl methyl sites for hydroxylation is 2. The summed E-state index contributed by atoms with van der Waals surface area (Å²) in [6.07, 6.45) is 4.31. The molecule has 0 atom stereocenters. The van der Waals surface area contributed by atoms with Crippen molar-refractivity contribution in [1.29, 1.82) is 0 Å². The lowest BCUT2D eigenvalue weighted by Gasteiger charge is -2.08. The summed E-state index contributed by atoms with van der Waals surface area (Å²) >= 11 is 0. The van der Waals surface area contributed by atoms with E-state index in [9.17, 15) is 4.79 Å². The number of imidazole rings is 1. The number of nitrogen functional groups attached to an aromatic ring is 1. The zero-order valence-electron chi connectivity index (χ0n) is 12.4. The van der Waals surface area contributed by atoms with Gasteiger partial charge in [-0.25, -0.2) is 9.97 Å². The molecule has 0 aliphatic carbocycles. The van der Waals surface area contributed by atoms with E-state index in [1.54, 1.807) is 6.20 Å². The highest BCUT2D eigenvalue weighted by molar-refractivity contribution is 6.04. The number of hydrogen-bond donors (Lipinski definition) is 2. The van der Waals surface area contributed by atoms with Crippen LogP contribution in [0.4, 0.5) is 5.82 Å². The maximum atomic E-state index is 10.3. The van der Waals surface area contributed by atoms with Gasteiger partial charge in [-0.2, -0.15) is 0 Å². The number of nitrogens with two attached hydrogens (primary N) is 1. The van der Waals surface area contributed by atoms with Crippen molar-refractivity contribution < 1.29 is 4.79 Å². The molecule has 0 saturated carbocycles. The Bertz CT molecular complexity index is 826. The second-order valence-corrected chi connectivity index (χ2v) is 5.16. The summed E-state index contributed by atoms with van der Waals surface area (Å²) in [6.45, 7) is 3.44. The van der Waals surface area contributed by atoms with Gasteiger partial charge < -0.3 is 15.6 Å². The molecule has 0 bridgehead atoms. The second-order valence-electron chi connectivity index (χ2n) is 5.16. The van der Waals surface area contributed by atoms with E-state index in [1.807, 2.05) is 19.1 Å². The summed E-state index contributed by atoms with van der Waals surface area (Å²) in [7, 11) is 0. The average Bonchev–Trinajstić information content (AvgIpc) is 2.85. The minimum atomic E-state index is 0.431. The van der Waals surface area contributed by atoms with Crippen LogP contribution in [0, 0.1) is 6.92 Å². The third kappa shape index (κ3) is 2.45. The Morgan fingerprint density at radius 3 is 3.00 bits per heavy atom. The molecule has 0 aromatic carbocycles. The van der Waals surface area contributed by atoms with Crippen LogP contribution in [0.1, 0.15) is 18.7 Å². The SMILES string of the molecule is Cc1nc2c(N)nc3cccnc3c2n1CCCCNC=O. The van der Waals surface area contributed by atoms with Crippen LogP contribution in [0.5, 0.6) is 0 Å². The summed E-state index contributed by atoms with van der Waals surface area (Å²) in [5.74, 6) is 1.32. The number of amides is 1. The molecule has 1 amide bonds. The third-order valence-corrected chi connectivity index (χ3v) is 3.69. The van der Waals surface area contributed by atoms with Crippen LogP contribution in [-0.4, -0.2) is 32.5 Å². The lowest BCUT2D eigenvalue weighted by molar-refractivity contribution is -0.109. The van der Waals surface area contributed by atoms with Crippen molar-refractivity contribution in [3.05, 3.63) is 24.2 Å². The largest absolute Gasteiger partial charge is 0.382 e. The molecule has 0 radical (unpaired) electrons. The number of carbonyl (C=O) groups excluding carboxylic acids is 1. The van der Waals surface area contributed by atoms with E-state index < -0.39 is 0 Å². The molecule has 0 fully saturated rings. The Labute approximate surface area is 127 Å². The Hall–Kier alpha value is -2.70. The lowest BCUT2D eigenvalue weighted by atomic mass is 10.2. The molecule has 7 nitrogen and oxygen atoms in total. The van der Waals surface area contributed by atoms with Gasteiger partial charge in [0.1, 0.15) is 22.4 Å². The van der Waals surface area contributed by atoms with Crippen LogP contribution in [-0.2, 0) is 11.3 Å². The van der Waals surface area contributed by atoms with Gasteiger partial charge in [0, 0.05) is 19.3 Å². The number of pyridine rings is 2. The number of nitrogens with zero attached hydrogens (tertiary/aromatic N) is 4. The number of fused-ring (bicyclic) bond motifs is 3. The fourth-order valence-electron chi connectivity index (χ4n) is 2.67. The minimum Gasteiger partial charge on any atom is -0.382 e. The van der Waals surface area contributed by atoms with Crippen molar-refractivity contribution in [3.8, 4) is 0 Å². The van der Waals surface area contributed by atoms with E-state index in [-0.39, 0.29) is 0 Å². The van der Waals surface area contributed by atoms with Gasteiger partial charge in [-0.3, -0.25) is 9.78 Å². The first-order valence-corrected chi connectivity index (χ1v) is 7.26. The zero-order valence-corrected chi connectivity index (χ0v) is 12.4. The number of carbonyl (C=O) groups is 1. The maximum absolute atomic E-state index is 10.3. The van der Waals surface area contributed by atoms with Crippen molar-refractivity contribution in [2.45, 2.75) is 26.3 Å². The molecule has 114 valence electrons. The lowest BCUT2D eigenvalue weighted by Crippen LogP contribution is -2.13. The Kier molecular flexibility index (Phi) is 3.86. The van der Waals surface area contributed by atoms with E-state index in [0.29, 0.717) is 17.9 Å². The molecule has 0 spiro atoms. The van der Waals surface area contributed by atoms with Crippen molar-refractivity contribution in [3.63, 3.8) is 0 Å². The quantitative estimate of drug-likeness (QED) is 0.529. The molecule has 7 heteroatoms. The molecule has 3 rings (SSSR count). The van der Waals surface area contributed by atoms with Crippen molar-refractivity contribution >= 4 is 34.3 Å². The Morgan fingerprint density at radius 1 is 1.32 bits per heavy atom. The first-order chi connectivity index (χ1) is 10.7. The first-order valence-electron chi connectivity index (χ1n) is 7.26. The molecule has 3 aromatic rings. The van der Waals surface area contributed by atoms with Gasteiger partial charge >= 0.3 is 0 Å². The summed E-state index contributed by atoms with van der Waals surface area (Å²) < 4.78 is 2.13. The predicted molar refractivity (Wildman–Crippen MR) is 85.3 cm³/mol. The topological polar surface area (TPSA) is 98.7 Å². The van der Waals surface area contributed by atoms with Crippen molar-refractivity contribution in [2.75, 3.05) is 12.3 Å². The number of nitrogens with one attached hydrogen (secondary N) is 1. The number of unbranched alkanes of at least 4 members (excludes halogenated alkanes) is 1. The monoisotopic (exact) mass is 298 g/mol. The summed E-state index contributed by atoms with van der Waals surface area (Å²) in [5, 5.41) is 2.67. The highest BCUT2D eigenvalue weighted by atomic mass is 16.1. The molecule has 0 saturated heterocycles. The van der Waals surface area contributed by atoms with E-state index >= 15 is 0 Å². The predicted octanol–water partition coefficient (Wildman–Crippen LogP) is 1.40. The number of aromatic nitrogens is 4. The van der Waals surface area contributed by atoms with Gasteiger partial charge in [0.05, 0.1) is 5.52 Å². The van der Waals surface area contributed by atoms with Gasteiger partial charge in [0.2, 0.25) is 6.41 Å². The van der Waals surface area contributed by atoms with E-state index in [4.69, 9.17) is 5.73 Å². The standard InChI is InChI=1S/C15H18N6O/c1-10-19-13-14(21(10)8-3-2-6-17-9-22)12-11(20-15(13)16)5-4-7-18-12/h4-5,7,9H,2-3,6,8H2,1H3,(H2,16,20)(H,17,22). The van der Waals surface area contributed by atoms with E-state index in [2.05, 4.69) is 24.8 Å². The summed E-state index contributed by atoms with van der Waals surface area (Å²) in [4.78, 5) is 23.6. The average molecular weight is 298 g/mol. The fraction of sp³-hybridized carbons (Fsp3) is 0.333. The Balaban J connectivity index is 2.02. The van der Waals surface area contributed by atoms with Gasteiger partial charge in [-0.1, -0.05) is 0 Å². The normalized spacial score (nSPS) is 11.1. The van der Waals surface area contributed by atoms with Crippen LogP contribution in [0.25, 0.3) is 22.1 Å². The number of anilines is 1. The smallest absolute Gasteiger partial charge is 0.207 e. The maximum Gasteiger partial charge on any atom is 0.207 e. The van der Waals surface area contributed by atoms with Crippen LogP contribution < -0.4 is 11.1 Å².